The quantitative estimate of drug-likeness (QED) is 0.305. The maximum Gasteiger partial charge on any atom is 2.00 e. The van der Waals surface area contributed by atoms with Crippen molar-refractivity contribution in [1.29, 1.82) is 0 Å². The Morgan fingerprint density at radius 3 is 1.19 bits per heavy atom. The zero-order chi connectivity index (χ0) is 26.3. The molecule has 4 rings (SSSR count). The molecule has 0 spiro atoms. The number of aliphatic imine (C=N–C) groups is 2. The minimum atomic E-state index is -4.94. The van der Waals surface area contributed by atoms with Crippen LogP contribution in [0, 0.1) is 25.9 Å². The molecule has 0 N–H and O–H groups in total. The van der Waals surface area contributed by atoms with Crippen molar-refractivity contribution >= 4 is 11.8 Å². The van der Waals surface area contributed by atoms with Crippen LogP contribution < -0.4 is 37.3 Å². The van der Waals surface area contributed by atoms with Crippen molar-refractivity contribution in [2.45, 2.75) is 25.9 Å². The Kier molecular flexibility index (Phi) is 12.2. The van der Waals surface area contributed by atoms with E-state index in [4.69, 9.17) is 56.7 Å². The molecule has 0 saturated heterocycles. The fourth-order valence-electron chi connectivity index (χ4n) is 3.21. The van der Waals surface area contributed by atoms with Crippen molar-refractivity contribution in [3.05, 3.63) is 71.8 Å². The zero-order valence-electron chi connectivity index (χ0n) is 18.9. The minimum absolute atomic E-state index is 0. The Morgan fingerprint density at radius 2 is 0.917 bits per heavy atom. The van der Waals surface area contributed by atoms with Crippen LogP contribution in [0.5, 0.6) is 0 Å². The van der Waals surface area contributed by atoms with Gasteiger partial charge in [0.2, 0.25) is 0 Å². The third-order valence-electron chi connectivity index (χ3n) is 4.74. The van der Waals surface area contributed by atoms with E-state index in [0.29, 0.717) is 25.0 Å². The number of hydrogen-bond acceptors (Lipinski definition) is 12. The molecule has 2 aromatic rings. The number of ether oxygens (including phenoxy) is 2. The first-order valence-electron chi connectivity index (χ1n) is 9.90. The summed E-state index contributed by atoms with van der Waals surface area (Å²) in [6.07, 6.45) is 0. The first-order chi connectivity index (χ1) is 16.1. The second-order valence-electron chi connectivity index (χ2n) is 7.72. The molecule has 15 heteroatoms. The fourth-order valence-corrected chi connectivity index (χ4v) is 3.21. The summed E-state index contributed by atoms with van der Waals surface area (Å²) in [7, 11) is -9.89. The summed E-state index contributed by atoms with van der Waals surface area (Å²) in [5.41, 5.74) is 1.88. The predicted molar refractivity (Wildman–Crippen MR) is 98.9 cm³/mol. The molecule has 2 aliphatic heterocycles. The van der Waals surface area contributed by atoms with Gasteiger partial charge in [-0.15, -0.1) is 20.5 Å². The monoisotopic (exact) mass is 595 g/mol. The van der Waals surface area contributed by atoms with Gasteiger partial charge in [0, 0.05) is 0 Å². The van der Waals surface area contributed by atoms with Crippen LogP contribution in [0.2, 0.25) is 0 Å². The molecule has 36 heavy (non-hydrogen) atoms. The van der Waals surface area contributed by atoms with Crippen LogP contribution in [0.25, 0.3) is 0 Å². The number of halogens is 2. The van der Waals surface area contributed by atoms with Gasteiger partial charge in [-0.05, 0) is 25.0 Å². The number of benzene rings is 2. The van der Waals surface area contributed by atoms with Crippen molar-refractivity contribution in [2.24, 2.45) is 15.4 Å². The molecule has 1 radical (unpaired) electrons. The summed E-state index contributed by atoms with van der Waals surface area (Å²) in [5.74, 6) is 1.41. The molecule has 0 fully saturated rings. The first kappa shape index (κ1) is 32.2. The Labute approximate surface area is 222 Å². The van der Waals surface area contributed by atoms with Crippen molar-refractivity contribution in [3.63, 3.8) is 0 Å². The first-order valence-corrected chi connectivity index (χ1v) is 12.4. The molecule has 2 heterocycles. The summed E-state index contributed by atoms with van der Waals surface area (Å²) >= 11 is 0. The molecule has 201 valence electrons. The maximum absolute atomic E-state index is 8.49. The van der Waals surface area contributed by atoms with E-state index in [2.05, 4.69) is 38.1 Å². The van der Waals surface area contributed by atoms with E-state index in [1.165, 1.54) is 11.1 Å². The molecule has 2 atom stereocenters. The van der Waals surface area contributed by atoms with Crippen LogP contribution in [0.4, 0.5) is 0 Å². The van der Waals surface area contributed by atoms with Gasteiger partial charge in [0.15, 0.2) is 11.8 Å². The summed E-state index contributed by atoms with van der Waals surface area (Å²) in [6, 6.07) is 20.6. The standard InChI is InChI=1S/C21H22N2O2.2ClHO4.Cu/c1-21(2,19-22-17(13-24-19)15-9-5-3-6-10-15)20-23-18(14-25-20)16-11-7-4-8-12-16;2*2-1(3,4)5;/h3-12,17-18H,13-14H2,1-2H3;2*(H,2,3,4,5);/q;;;+2/p-2/t17-,18-;;;/m1.../s1. The van der Waals surface area contributed by atoms with Crippen LogP contribution in [-0.2, 0) is 26.5 Å². The molecule has 0 aromatic heterocycles. The third-order valence-corrected chi connectivity index (χ3v) is 4.74. The Morgan fingerprint density at radius 1 is 0.639 bits per heavy atom. The molecule has 0 amide bonds. The topological polar surface area (TPSA) is 228 Å². The van der Waals surface area contributed by atoms with Crippen LogP contribution in [0.15, 0.2) is 70.6 Å². The van der Waals surface area contributed by atoms with Crippen molar-refractivity contribution in [2.75, 3.05) is 13.2 Å². The van der Waals surface area contributed by atoms with Gasteiger partial charge >= 0.3 is 17.1 Å². The molecule has 0 aliphatic carbocycles. The Bertz CT molecular complexity index is 908. The van der Waals surface area contributed by atoms with Crippen LogP contribution in [0.1, 0.15) is 37.1 Å². The van der Waals surface area contributed by atoms with Crippen LogP contribution >= 0.6 is 0 Å². The summed E-state index contributed by atoms with van der Waals surface area (Å²) in [6.45, 7) is 5.26. The summed E-state index contributed by atoms with van der Waals surface area (Å²) in [4.78, 5) is 9.61. The van der Waals surface area contributed by atoms with E-state index >= 15 is 0 Å². The van der Waals surface area contributed by atoms with Gasteiger partial charge in [-0.3, -0.25) is 0 Å². The summed E-state index contributed by atoms with van der Waals surface area (Å²) in [5, 5.41) is 0. The molecule has 12 nitrogen and oxygen atoms in total. The smallest absolute Gasteiger partial charge is 0.478 e. The van der Waals surface area contributed by atoms with Crippen molar-refractivity contribution in [3.8, 4) is 0 Å². The van der Waals surface area contributed by atoms with Gasteiger partial charge in [0.1, 0.15) is 30.7 Å². The zero-order valence-corrected chi connectivity index (χ0v) is 21.3. The second kappa shape index (κ2) is 13.6. The van der Waals surface area contributed by atoms with Gasteiger partial charge in [0.25, 0.3) is 0 Å². The minimum Gasteiger partial charge on any atom is -0.478 e. The van der Waals surface area contributed by atoms with Crippen LogP contribution in [-0.4, -0.2) is 25.0 Å². The Hall–Kier alpha value is -1.84. The summed E-state index contributed by atoms with van der Waals surface area (Å²) < 4.78 is 79.8. The molecular weight excluding hydrogens is 575 g/mol. The average Bonchev–Trinajstić information content (AvgIpc) is 3.44. The van der Waals surface area contributed by atoms with E-state index in [1.807, 2.05) is 36.4 Å². The van der Waals surface area contributed by atoms with Crippen LogP contribution in [0.3, 0.4) is 0 Å². The Balaban J connectivity index is 0.000000505. The van der Waals surface area contributed by atoms with Gasteiger partial charge in [-0.2, -0.15) is 0 Å². The van der Waals surface area contributed by atoms with Crippen molar-refractivity contribution < 1.29 is 84.3 Å². The normalized spacial score (nSPS) is 19.2. The van der Waals surface area contributed by atoms with Gasteiger partial charge in [-0.1, -0.05) is 60.7 Å². The van der Waals surface area contributed by atoms with E-state index in [9.17, 15) is 0 Å². The van der Waals surface area contributed by atoms with E-state index < -0.39 is 25.9 Å². The largest absolute Gasteiger partial charge is 2.00 e. The maximum atomic E-state index is 8.49. The SMILES string of the molecule is CC(C)(C1=N[C@@H](c2ccccc2)CO1)C1=N[C@@H](c2ccccc2)CO1.[Cu+2].[O-][Cl+3]([O-])([O-])[O-].[O-][Cl+3]([O-])([O-])[O-]. The fraction of sp³-hybridized carbons (Fsp3) is 0.333. The predicted octanol–water partition coefficient (Wildman–Crippen LogP) is -5.16. The molecule has 2 aliphatic rings. The van der Waals surface area contributed by atoms with Gasteiger partial charge in [-0.25, -0.2) is 47.3 Å². The molecular formula is C21H22Cl2CuN2O10. The molecule has 0 bridgehead atoms. The number of nitrogens with zero attached hydrogens (tertiary/aromatic N) is 2. The molecule has 0 saturated carbocycles. The van der Waals surface area contributed by atoms with Gasteiger partial charge < -0.3 is 9.47 Å². The van der Waals surface area contributed by atoms with E-state index in [-0.39, 0.29) is 29.2 Å². The molecule has 2 aromatic carbocycles. The van der Waals surface area contributed by atoms with E-state index in [0.717, 1.165) is 0 Å². The van der Waals surface area contributed by atoms with E-state index in [1.54, 1.807) is 0 Å². The van der Waals surface area contributed by atoms with Crippen molar-refractivity contribution in [1.82, 2.24) is 0 Å². The second-order valence-corrected chi connectivity index (χ2v) is 9.24. The van der Waals surface area contributed by atoms with Gasteiger partial charge in [0.05, 0.1) is 0 Å². The molecule has 0 unspecified atom stereocenters. The third kappa shape index (κ3) is 11.5. The number of hydrogen-bond donors (Lipinski definition) is 0. The number of rotatable bonds is 4. The average molecular weight is 597 g/mol.